The Kier molecular flexibility index (Phi) is 8.28. The molecule has 6 rings (SSSR count). The molecule has 4 aromatic carbocycles. The zero-order valence-electron chi connectivity index (χ0n) is 22.9. The van der Waals surface area contributed by atoms with Gasteiger partial charge in [0.1, 0.15) is 44.9 Å². The molecule has 0 atom stereocenters. The predicted molar refractivity (Wildman–Crippen MR) is 161 cm³/mol. The molecule has 0 aliphatic rings. The normalized spacial score (nSPS) is 11.0. The molecular weight excluding hydrogens is 579 g/mol. The fourth-order valence-corrected chi connectivity index (χ4v) is 4.65. The van der Waals surface area contributed by atoms with Gasteiger partial charge in [0.25, 0.3) is 0 Å². The Labute approximate surface area is 250 Å². The number of rotatable bonds is 5. The lowest BCUT2D eigenvalue weighted by Gasteiger charge is -2.07. The lowest BCUT2D eigenvalue weighted by atomic mass is 10.1. The summed E-state index contributed by atoms with van der Waals surface area (Å²) in [4.78, 5) is 14.0. The minimum atomic E-state index is -0.280. The van der Waals surface area contributed by atoms with E-state index in [1.54, 1.807) is 54.6 Å². The smallest absolute Gasteiger partial charge is 0.305 e. The number of aromatic hydroxyl groups is 2. The molecule has 0 bridgehead atoms. The Bertz CT molecular complexity index is 1940. The first-order valence-electron chi connectivity index (χ1n) is 12.9. The maximum atomic E-state index is 11.2. The fraction of sp³-hybridized carbons (Fsp3) is 0.167. The lowest BCUT2D eigenvalue weighted by molar-refractivity contribution is -0.140. The van der Waals surface area contributed by atoms with Crippen molar-refractivity contribution in [1.29, 1.82) is 0 Å². The van der Waals surface area contributed by atoms with Crippen LogP contribution in [0, 0.1) is 13.8 Å². The molecule has 0 spiro atoms. The average Bonchev–Trinajstić information content (AvgIpc) is 3.58. The number of fused-ring (bicyclic) bond motifs is 2. The van der Waals surface area contributed by atoms with Gasteiger partial charge >= 0.3 is 5.97 Å². The first-order valence-corrected chi connectivity index (χ1v) is 13.6. The first kappa shape index (κ1) is 28.8. The SMILES string of the molecule is COC(=O)CCc1ccc(O)c(-n2nc3ccc(Cl)cc3n2)c1.Cc1cc(C)c(O)c(-n2nc3ccc(Cl)cc3n2)c1. The van der Waals surface area contributed by atoms with Crippen molar-refractivity contribution in [2.75, 3.05) is 7.11 Å². The number of carbonyl (C=O) groups excluding carboxylic acids is 1. The highest BCUT2D eigenvalue weighted by atomic mass is 35.5. The van der Waals surface area contributed by atoms with E-state index in [1.165, 1.54) is 16.7 Å². The van der Waals surface area contributed by atoms with Crippen molar-refractivity contribution in [3.8, 4) is 22.9 Å². The number of phenolic OH excluding ortho intramolecular Hbond substituents is 2. The van der Waals surface area contributed by atoms with Gasteiger partial charge in [-0.05, 0) is 91.6 Å². The van der Waals surface area contributed by atoms with E-state index in [0.29, 0.717) is 44.4 Å². The highest BCUT2D eigenvalue weighted by Crippen LogP contribution is 2.28. The highest BCUT2D eigenvalue weighted by Gasteiger charge is 2.13. The minimum Gasteiger partial charge on any atom is -0.506 e. The van der Waals surface area contributed by atoms with Crippen LogP contribution in [-0.4, -0.2) is 53.3 Å². The third-order valence-corrected chi connectivity index (χ3v) is 6.90. The number of phenols is 2. The number of carbonyl (C=O) groups is 1. The van der Waals surface area contributed by atoms with Gasteiger partial charge in [-0.25, -0.2) is 0 Å². The van der Waals surface area contributed by atoms with Gasteiger partial charge in [0.15, 0.2) is 0 Å². The summed E-state index contributed by atoms with van der Waals surface area (Å²) in [5.41, 5.74) is 6.49. The van der Waals surface area contributed by atoms with E-state index in [-0.39, 0.29) is 23.9 Å². The number of esters is 1. The molecule has 0 unspecified atom stereocenters. The van der Waals surface area contributed by atoms with Gasteiger partial charge in [0.2, 0.25) is 0 Å². The number of aryl methyl sites for hydroxylation is 3. The number of nitrogens with zero attached hydrogens (tertiary/aromatic N) is 6. The Balaban J connectivity index is 0.000000171. The van der Waals surface area contributed by atoms with Crippen LogP contribution in [0.3, 0.4) is 0 Å². The fourth-order valence-electron chi connectivity index (χ4n) is 4.31. The van der Waals surface area contributed by atoms with E-state index in [1.807, 2.05) is 26.0 Å². The van der Waals surface area contributed by atoms with E-state index in [4.69, 9.17) is 23.2 Å². The van der Waals surface area contributed by atoms with Crippen molar-refractivity contribution >= 4 is 51.2 Å². The van der Waals surface area contributed by atoms with Crippen molar-refractivity contribution < 1.29 is 19.7 Å². The maximum Gasteiger partial charge on any atom is 0.305 e. The molecule has 2 N–H and O–H groups in total. The zero-order chi connectivity index (χ0) is 30.0. The molecular formula is C30H26Cl2N6O4. The molecule has 0 radical (unpaired) electrons. The third-order valence-electron chi connectivity index (χ3n) is 6.43. The summed E-state index contributed by atoms with van der Waals surface area (Å²) in [5, 5.41) is 38.7. The van der Waals surface area contributed by atoms with Gasteiger partial charge in [-0.15, -0.1) is 30.0 Å². The van der Waals surface area contributed by atoms with E-state index in [0.717, 1.165) is 22.2 Å². The molecule has 0 saturated carbocycles. The van der Waals surface area contributed by atoms with Crippen LogP contribution in [0.15, 0.2) is 66.7 Å². The van der Waals surface area contributed by atoms with Crippen molar-refractivity contribution in [3.05, 3.63) is 93.5 Å². The summed E-state index contributed by atoms with van der Waals surface area (Å²) in [6.07, 6.45) is 0.775. The molecule has 2 aromatic heterocycles. The van der Waals surface area contributed by atoms with Crippen molar-refractivity contribution in [1.82, 2.24) is 30.0 Å². The maximum absolute atomic E-state index is 11.2. The quantitative estimate of drug-likeness (QED) is 0.220. The molecule has 0 amide bonds. The Morgan fingerprint density at radius 2 is 1.33 bits per heavy atom. The highest BCUT2D eigenvalue weighted by molar-refractivity contribution is 6.31. The number of methoxy groups -OCH3 is 1. The number of benzene rings is 4. The summed E-state index contributed by atoms with van der Waals surface area (Å²) in [5.74, 6) is -0.0348. The van der Waals surface area contributed by atoms with Crippen molar-refractivity contribution in [2.24, 2.45) is 0 Å². The number of halogens is 2. The average molecular weight is 605 g/mol. The molecule has 6 aromatic rings. The van der Waals surface area contributed by atoms with Crippen LogP contribution >= 0.6 is 23.2 Å². The molecule has 12 heteroatoms. The Hall–Kier alpha value is -4.67. The van der Waals surface area contributed by atoms with Crippen molar-refractivity contribution in [3.63, 3.8) is 0 Å². The van der Waals surface area contributed by atoms with Gasteiger partial charge in [0, 0.05) is 16.5 Å². The number of ether oxygens (including phenoxy) is 1. The summed E-state index contributed by atoms with van der Waals surface area (Å²) >= 11 is 11.9. The van der Waals surface area contributed by atoms with Gasteiger partial charge in [-0.3, -0.25) is 4.79 Å². The largest absolute Gasteiger partial charge is 0.506 e. The molecule has 0 fully saturated rings. The van der Waals surface area contributed by atoms with E-state index < -0.39 is 0 Å². The van der Waals surface area contributed by atoms with Gasteiger partial charge in [-0.1, -0.05) is 35.3 Å². The van der Waals surface area contributed by atoms with Gasteiger partial charge < -0.3 is 14.9 Å². The monoisotopic (exact) mass is 604 g/mol. The van der Waals surface area contributed by atoms with Crippen LogP contribution in [0.4, 0.5) is 0 Å². The van der Waals surface area contributed by atoms with Crippen LogP contribution in [0.1, 0.15) is 23.1 Å². The van der Waals surface area contributed by atoms with Crippen molar-refractivity contribution in [2.45, 2.75) is 26.7 Å². The summed E-state index contributed by atoms with van der Waals surface area (Å²) in [6, 6.07) is 19.4. The molecule has 0 saturated heterocycles. The topological polar surface area (TPSA) is 128 Å². The van der Waals surface area contributed by atoms with E-state index >= 15 is 0 Å². The second kappa shape index (κ2) is 12.1. The summed E-state index contributed by atoms with van der Waals surface area (Å²) in [6.45, 7) is 3.82. The van der Waals surface area contributed by atoms with E-state index in [9.17, 15) is 15.0 Å². The second-order valence-electron chi connectivity index (χ2n) is 9.59. The summed E-state index contributed by atoms with van der Waals surface area (Å²) in [7, 11) is 1.36. The molecule has 10 nitrogen and oxygen atoms in total. The number of aromatic nitrogens is 6. The molecule has 0 aliphatic heterocycles. The van der Waals surface area contributed by atoms with E-state index in [2.05, 4.69) is 25.1 Å². The van der Waals surface area contributed by atoms with Gasteiger partial charge in [-0.2, -0.15) is 0 Å². The van der Waals surface area contributed by atoms with Crippen LogP contribution in [0.25, 0.3) is 33.4 Å². The third kappa shape index (κ3) is 6.29. The Morgan fingerprint density at radius 3 is 1.93 bits per heavy atom. The zero-order valence-corrected chi connectivity index (χ0v) is 24.4. The van der Waals surface area contributed by atoms with Gasteiger partial charge in [0.05, 0.1) is 7.11 Å². The second-order valence-corrected chi connectivity index (χ2v) is 10.5. The van der Waals surface area contributed by atoms with Crippen LogP contribution < -0.4 is 0 Å². The molecule has 0 aliphatic carbocycles. The summed E-state index contributed by atoms with van der Waals surface area (Å²) < 4.78 is 4.63. The molecule has 214 valence electrons. The molecule has 2 heterocycles. The van der Waals surface area contributed by atoms with Crippen LogP contribution in [-0.2, 0) is 16.0 Å². The lowest BCUT2D eigenvalue weighted by Crippen LogP contribution is -2.03. The standard InChI is InChI=1S/C16H14ClN3O3.C14H12ClN3O/c1-23-16(22)7-3-10-2-6-15(21)14(8-10)20-18-12-5-4-11(17)9-13(12)19-20;1-8-5-9(2)14(19)13(6-8)18-16-11-4-3-10(15)7-12(11)17-18/h2,4-6,8-9,21H,3,7H2,1H3;3-7,19H,1-2H3. The Morgan fingerprint density at radius 1 is 0.762 bits per heavy atom. The minimum absolute atomic E-state index is 0.0539. The van der Waals surface area contributed by atoms with Crippen LogP contribution in [0.2, 0.25) is 10.0 Å². The number of hydrogen-bond donors (Lipinski definition) is 2. The van der Waals surface area contributed by atoms with Crippen LogP contribution in [0.5, 0.6) is 11.5 Å². The molecule has 42 heavy (non-hydrogen) atoms. The first-order chi connectivity index (χ1) is 20.1. The number of hydrogen-bond acceptors (Lipinski definition) is 8. The predicted octanol–water partition coefficient (Wildman–Crippen LogP) is 6.28.